The summed E-state index contributed by atoms with van der Waals surface area (Å²) < 4.78 is 0. The molecule has 1 aromatic carbocycles. The molecule has 0 aliphatic heterocycles. The van der Waals surface area contributed by atoms with E-state index in [1.54, 1.807) is 0 Å². The highest BCUT2D eigenvalue weighted by Crippen LogP contribution is 2.13. The van der Waals surface area contributed by atoms with Gasteiger partial charge in [0.2, 0.25) is 0 Å². The second-order valence-corrected chi connectivity index (χ2v) is 5.48. The van der Waals surface area contributed by atoms with Crippen LogP contribution in [0.1, 0.15) is 44.2 Å². The minimum absolute atomic E-state index is 0.665. The molecule has 96 valence electrons. The Balaban J connectivity index is 2.37. The first-order chi connectivity index (χ1) is 8.11. The summed E-state index contributed by atoms with van der Waals surface area (Å²) in [5.41, 5.74) is 2.83. The summed E-state index contributed by atoms with van der Waals surface area (Å²) >= 11 is 0. The summed E-state index contributed by atoms with van der Waals surface area (Å²) in [6.45, 7) is 6.76. The quantitative estimate of drug-likeness (QED) is 0.752. The minimum Gasteiger partial charge on any atom is -0.317 e. The van der Waals surface area contributed by atoms with Crippen molar-refractivity contribution in [1.82, 2.24) is 5.32 Å². The summed E-state index contributed by atoms with van der Waals surface area (Å²) in [6.07, 6.45) is 5.04. The Morgan fingerprint density at radius 1 is 1.12 bits per heavy atom. The van der Waals surface area contributed by atoms with Gasteiger partial charge >= 0.3 is 0 Å². The first-order valence-corrected chi connectivity index (χ1v) is 6.84. The van der Waals surface area contributed by atoms with Gasteiger partial charge in [-0.05, 0) is 51.1 Å². The predicted molar refractivity (Wildman–Crippen MR) is 76.4 cm³/mol. The van der Waals surface area contributed by atoms with E-state index < -0.39 is 0 Å². The van der Waals surface area contributed by atoms with Crippen molar-refractivity contribution in [3.63, 3.8) is 0 Å². The maximum Gasteiger partial charge on any atom is 0.00673 e. The lowest BCUT2D eigenvalue weighted by atomic mass is 9.97. The molecule has 1 atom stereocenters. The second kappa shape index (κ2) is 7.50. The maximum atomic E-state index is 3.44. The van der Waals surface area contributed by atoms with Crippen molar-refractivity contribution in [2.45, 2.75) is 52.5 Å². The van der Waals surface area contributed by atoms with Crippen LogP contribution >= 0.6 is 0 Å². The van der Waals surface area contributed by atoms with Crippen molar-refractivity contribution in [2.24, 2.45) is 5.92 Å². The number of aryl methyl sites for hydroxylation is 2. The van der Waals surface area contributed by atoms with Crippen molar-refractivity contribution < 1.29 is 0 Å². The lowest BCUT2D eigenvalue weighted by Crippen LogP contribution is -2.26. The molecule has 1 aromatic rings. The van der Waals surface area contributed by atoms with Crippen molar-refractivity contribution in [1.29, 1.82) is 0 Å². The Bertz CT molecular complexity index is 317. The van der Waals surface area contributed by atoms with Gasteiger partial charge in [0.15, 0.2) is 0 Å². The summed E-state index contributed by atoms with van der Waals surface area (Å²) in [4.78, 5) is 0. The van der Waals surface area contributed by atoms with E-state index in [-0.39, 0.29) is 0 Å². The Labute approximate surface area is 107 Å². The average molecular weight is 233 g/mol. The third-order valence-corrected chi connectivity index (χ3v) is 3.36. The molecule has 0 fully saturated rings. The highest BCUT2D eigenvalue weighted by atomic mass is 14.9. The summed E-state index contributed by atoms with van der Waals surface area (Å²) in [5, 5.41) is 3.44. The first kappa shape index (κ1) is 14.2. The van der Waals surface area contributed by atoms with E-state index in [2.05, 4.69) is 57.4 Å². The van der Waals surface area contributed by atoms with Crippen LogP contribution in [0.2, 0.25) is 0 Å². The standard InChI is InChI=1S/C16H27N/c1-13(2)8-10-16(17-4)11-9-15-7-5-6-14(3)12-15/h5-7,12-13,16-17H,8-11H2,1-4H3. The summed E-state index contributed by atoms with van der Waals surface area (Å²) in [5.74, 6) is 0.810. The van der Waals surface area contributed by atoms with Gasteiger partial charge in [-0.3, -0.25) is 0 Å². The molecule has 0 radical (unpaired) electrons. The topological polar surface area (TPSA) is 12.0 Å². The Kier molecular flexibility index (Phi) is 6.28. The molecule has 1 nitrogen and oxygen atoms in total. The van der Waals surface area contributed by atoms with Crippen LogP contribution in [0.25, 0.3) is 0 Å². The van der Waals surface area contributed by atoms with Crippen molar-refractivity contribution in [3.05, 3.63) is 35.4 Å². The van der Waals surface area contributed by atoms with E-state index in [0.717, 1.165) is 5.92 Å². The molecule has 0 aliphatic rings. The maximum absolute atomic E-state index is 3.44. The number of rotatable bonds is 7. The summed E-state index contributed by atoms with van der Waals surface area (Å²) in [6, 6.07) is 9.53. The molecule has 0 aromatic heterocycles. The molecular weight excluding hydrogens is 206 g/mol. The van der Waals surface area contributed by atoms with Crippen LogP contribution in [-0.2, 0) is 6.42 Å². The van der Waals surface area contributed by atoms with Gasteiger partial charge < -0.3 is 5.32 Å². The number of hydrogen-bond acceptors (Lipinski definition) is 1. The van der Waals surface area contributed by atoms with Crippen LogP contribution in [0.15, 0.2) is 24.3 Å². The first-order valence-electron chi connectivity index (χ1n) is 6.84. The van der Waals surface area contributed by atoms with E-state index in [4.69, 9.17) is 0 Å². The minimum atomic E-state index is 0.665. The molecular formula is C16H27N. The molecule has 0 heterocycles. The lowest BCUT2D eigenvalue weighted by molar-refractivity contribution is 0.433. The fourth-order valence-corrected chi connectivity index (χ4v) is 2.18. The molecule has 0 saturated heterocycles. The van der Waals surface area contributed by atoms with Gasteiger partial charge in [-0.15, -0.1) is 0 Å². The molecule has 0 amide bonds. The number of nitrogens with one attached hydrogen (secondary N) is 1. The van der Waals surface area contributed by atoms with Gasteiger partial charge in [-0.1, -0.05) is 43.7 Å². The fourth-order valence-electron chi connectivity index (χ4n) is 2.18. The van der Waals surface area contributed by atoms with Crippen LogP contribution < -0.4 is 5.32 Å². The van der Waals surface area contributed by atoms with Gasteiger partial charge in [-0.25, -0.2) is 0 Å². The lowest BCUT2D eigenvalue weighted by Gasteiger charge is -2.17. The highest BCUT2D eigenvalue weighted by molar-refractivity contribution is 5.22. The SMILES string of the molecule is CNC(CCc1cccc(C)c1)CCC(C)C. The van der Waals surface area contributed by atoms with E-state index in [9.17, 15) is 0 Å². The van der Waals surface area contributed by atoms with E-state index in [1.807, 2.05) is 0 Å². The molecule has 1 unspecified atom stereocenters. The zero-order chi connectivity index (χ0) is 12.7. The van der Waals surface area contributed by atoms with Gasteiger partial charge in [0.1, 0.15) is 0 Å². The van der Waals surface area contributed by atoms with Crippen LogP contribution in [0.5, 0.6) is 0 Å². The molecule has 0 aliphatic carbocycles. The van der Waals surface area contributed by atoms with E-state index >= 15 is 0 Å². The smallest absolute Gasteiger partial charge is 0.00673 e. The van der Waals surface area contributed by atoms with Crippen LogP contribution in [0, 0.1) is 12.8 Å². The van der Waals surface area contributed by atoms with Crippen molar-refractivity contribution >= 4 is 0 Å². The average Bonchev–Trinajstić information content (AvgIpc) is 2.29. The second-order valence-electron chi connectivity index (χ2n) is 5.48. The normalized spacial score (nSPS) is 13.0. The Morgan fingerprint density at radius 2 is 1.88 bits per heavy atom. The van der Waals surface area contributed by atoms with Gasteiger partial charge in [0, 0.05) is 6.04 Å². The van der Waals surface area contributed by atoms with E-state index in [0.29, 0.717) is 6.04 Å². The highest BCUT2D eigenvalue weighted by Gasteiger charge is 2.07. The number of benzene rings is 1. The third-order valence-electron chi connectivity index (χ3n) is 3.36. The van der Waals surface area contributed by atoms with Crippen molar-refractivity contribution in [3.8, 4) is 0 Å². The van der Waals surface area contributed by atoms with Crippen molar-refractivity contribution in [2.75, 3.05) is 7.05 Å². The zero-order valence-electron chi connectivity index (χ0n) is 11.8. The van der Waals surface area contributed by atoms with Gasteiger partial charge in [-0.2, -0.15) is 0 Å². The van der Waals surface area contributed by atoms with Gasteiger partial charge in [0.25, 0.3) is 0 Å². The molecule has 1 rings (SSSR count). The van der Waals surface area contributed by atoms with Crippen LogP contribution in [0.4, 0.5) is 0 Å². The molecule has 1 heteroatoms. The summed E-state index contributed by atoms with van der Waals surface area (Å²) in [7, 11) is 2.08. The molecule has 0 saturated carbocycles. The predicted octanol–water partition coefficient (Wildman–Crippen LogP) is 3.95. The van der Waals surface area contributed by atoms with Gasteiger partial charge in [0.05, 0.1) is 0 Å². The zero-order valence-corrected chi connectivity index (χ0v) is 11.8. The Hall–Kier alpha value is -0.820. The van der Waals surface area contributed by atoms with Crippen LogP contribution in [-0.4, -0.2) is 13.1 Å². The third kappa shape index (κ3) is 5.88. The van der Waals surface area contributed by atoms with E-state index in [1.165, 1.54) is 36.8 Å². The number of hydrogen-bond donors (Lipinski definition) is 1. The van der Waals surface area contributed by atoms with Crippen LogP contribution in [0.3, 0.4) is 0 Å². The molecule has 0 spiro atoms. The fraction of sp³-hybridized carbons (Fsp3) is 0.625. The Morgan fingerprint density at radius 3 is 2.47 bits per heavy atom. The largest absolute Gasteiger partial charge is 0.317 e. The molecule has 1 N–H and O–H groups in total. The monoisotopic (exact) mass is 233 g/mol. The molecule has 0 bridgehead atoms. The molecule has 17 heavy (non-hydrogen) atoms.